The first kappa shape index (κ1) is 8.27. The van der Waals surface area contributed by atoms with Crippen molar-refractivity contribution in [2.24, 2.45) is 0 Å². The van der Waals surface area contributed by atoms with Gasteiger partial charge >= 0.3 is 0 Å². The molecule has 1 aromatic carbocycles. The molecule has 64 valence electrons. The molecule has 1 aliphatic rings. The summed E-state index contributed by atoms with van der Waals surface area (Å²) in [7, 11) is 0. The fourth-order valence-electron chi connectivity index (χ4n) is 1.69. The van der Waals surface area contributed by atoms with Crippen molar-refractivity contribution < 1.29 is 5.11 Å². The molecule has 2 atom stereocenters. The van der Waals surface area contributed by atoms with Gasteiger partial charge in [-0.25, -0.2) is 0 Å². The Labute approximate surface area is 80.5 Å². The fraction of sp³-hybridized carbons (Fsp3) is 0.400. The van der Waals surface area contributed by atoms with Crippen LogP contribution >= 0.6 is 15.9 Å². The number of aliphatic hydroxyl groups is 1. The first-order chi connectivity index (χ1) is 5.79. The van der Waals surface area contributed by atoms with Gasteiger partial charge in [0, 0.05) is 0 Å². The lowest BCUT2D eigenvalue weighted by Crippen LogP contribution is -2.20. The maximum absolute atomic E-state index is 9.58. The molecule has 1 aromatic rings. The van der Waals surface area contributed by atoms with Crippen molar-refractivity contribution in [3.05, 3.63) is 35.4 Å². The smallest absolute Gasteiger partial charge is 0.0709 e. The van der Waals surface area contributed by atoms with Crippen molar-refractivity contribution in [3.8, 4) is 0 Å². The van der Waals surface area contributed by atoms with Crippen molar-refractivity contribution in [2.45, 2.75) is 23.8 Å². The molecule has 0 fully saturated rings. The summed E-state index contributed by atoms with van der Waals surface area (Å²) in [6.45, 7) is 0. The first-order valence-corrected chi connectivity index (χ1v) is 5.10. The number of benzene rings is 1. The molecule has 0 radical (unpaired) electrons. The van der Waals surface area contributed by atoms with E-state index in [9.17, 15) is 5.11 Å². The van der Waals surface area contributed by atoms with Crippen molar-refractivity contribution in [1.82, 2.24) is 0 Å². The van der Waals surface area contributed by atoms with Crippen LogP contribution in [0.25, 0.3) is 0 Å². The topological polar surface area (TPSA) is 20.2 Å². The predicted molar refractivity (Wildman–Crippen MR) is 52.4 cm³/mol. The average molecular weight is 227 g/mol. The standard InChI is InChI=1S/C10H11BrO/c11-10-8-4-2-1-3-7(8)5-6-9(10)12/h1-4,9-10,12H,5-6H2/t9-,10+/m1/s1. The van der Waals surface area contributed by atoms with E-state index >= 15 is 0 Å². The highest BCUT2D eigenvalue weighted by Gasteiger charge is 2.24. The quantitative estimate of drug-likeness (QED) is 0.675. The third kappa shape index (κ3) is 1.29. The zero-order valence-electron chi connectivity index (χ0n) is 6.70. The van der Waals surface area contributed by atoms with Gasteiger partial charge in [0.25, 0.3) is 0 Å². The van der Waals surface area contributed by atoms with Gasteiger partial charge in [-0.05, 0) is 24.0 Å². The largest absolute Gasteiger partial charge is 0.392 e. The molecule has 0 amide bonds. The summed E-state index contributed by atoms with van der Waals surface area (Å²) in [6.07, 6.45) is 1.65. The summed E-state index contributed by atoms with van der Waals surface area (Å²) in [5.74, 6) is 0. The van der Waals surface area contributed by atoms with E-state index in [1.165, 1.54) is 11.1 Å². The van der Waals surface area contributed by atoms with Crippen molar-refractivity contribution >= 4 is 15.9 Å². The Morgan fingerprint density at radius 2 is 2.08 bits per heavy atom. The van der Waals surface area contributed by atoms with E-state index in [-0.39, 0.29) is 10.9 Å². The minimum absolute atomic E-state index is 0.127. The SMILES string of the molecule is O[C@@H]1CCc2ccccc2[C@@H]1Br. The molecule has 1 aliphatic carbocycles. The van der Waals surface area contributed by atoms with Crippen LogP contribution < -0.4 is 0 Å². The van der Waals surface area contributed by atoms with Crippen LogP contribution in [-0.4, -0.2) is 11.2 Å². The van der Waals surface area contributed by atoms with Gasteiger partial charge < -0.3 is 5.11 Å². The second kappa shape index (κ2) is 3.19. The minimum Gasteiger partial charge on any atom is -0.392 e. The molecular weight excluding hydrogens is 216 g/mol. The Kier molecular flexibility index (Phi) is 2.20. The van der Waals surface area contributed by atoms with Crippen LogP contribution in [0, 0.1) is 0 Å². The van der Waals surface area contributed by atoms with E-state index in [2.05, 4.69) is 34.1 Å². The van der Waals surface area contributed by atoms with E-state index in [4.69, 9.17) is 0 Å². The number of aryl methyl sites for hydroxylation is 1. The number of hydrogen-bond acceptors (Lipinski definition) is 1. The van der Waals surface area contributed by atoms with E-state index in [1.54, 1.807) is 0 Å². The molecule has 2 heteroatoms. The van der Waals surface area contributed by atoms with Gasteiger partial charge in [-0.2, -0.15) is 0 Å². The van der Waals surface area contributed by atoms with Gasteiger partial charge in [-0.3, -0.25) is 0 Å². The van der Waals surface area contributed by atoms with Gasteiger partial charge in [-0.15, -0.1) is 0 Å². The molecule has 0 spiro atoms. The molecule has 0 aliphatic heterocycles. The van der Waals surface area contributed by atoms with Gasteiger partial charge in [0.15, 0.2) is 0 Å². The Hall–Kier alpha value is -0.340. The number of aliphatic hydroxyl groups excluding tert-OH is 1. The molecule has 2 rings (SSSR count). The number of alkyl halides is 1. The maximum Gasteiger partial charge on any atom is 0.0709 e. The van der Waals surface area contributed by atoms with Crippen LogP contribution in [0.15, 0.2) is 24.3 Å². The minimum atomic E-state index is -0.222. The van der Waals surface area contributed by atoms with Gasteiger partial charge in [-0.1, -0.05) is 40.2 Å². The summed E-state index contributed by atoms with van der Waals surface area (Å²) in [5, 5.41) is 9.58. The molecule has 0 saturated heterocycles. The predicted octanol–water partition coefficient (Wildman–Crippen LogP) is 2.43. The maximum atomic E-state index is 9.58. The third-order valence-corrected chi connectivity index (χ3v) is 3.50. The summed E-state index contributed by atoms with van der Waals surface area (Å²) >= 11 is 3.50. The molecule has 0 aromatic heterocycles. The van der Waals surface area contributed by atoms with E-state index < -0.39 is 0 Å². The van der Waals surface area contributed by atoms with Gasteiger partial charge in [0.1, 0.15) is 0 Å². The molecule has 0 saturated carbocycles. The lowest BCUT2D eigenvalue weighted by Gasteiger charge is -2.25. The van der Waals surface area contributed by atoms with Crippen LogP contribution in [0.2, 0.25) is 0 Å². The summed E-state index contributed by atoms with van der Waals surface area (Å²) < 4.78 is 0. The highest BCUT2D eigenvalue weighted by Crippen LogP contribution is 2.35. The van der Waals surface area contributed by atoms with Crippen molar-refractivity contribution in [3.63, 3.8) is 0 Å². The number of rotatable bonds is 0. The molecule has 1 N–H and O–H groups in total. The van der Waals surface area contributed by atoms with Crippen LogP contribution in [0.3, 0.4) is 0 Å². The highest BCUT2D eigenvalue weighted by atomic mass is 79.9. The second-order valence-corrected chi connectivity index (χ2v) is 4.19. The molecule has 12 heavy (non-hydrogen) atoms. The van der Waals surface area contributed by atoms with Crippen molar-refractivity contribution in [2.75, 3.05) is 0 Å². The monoisotopic (exact) mass is 226 g/mol. The summed E-state index contributed by atoms with van der Waals surface area (Å²) in [5.41, 5.74) is 2.61. The van der Waals surface area contributed by atoms with Crippen LogP contribution in [0.1, 0.15) is 22.4 Å². The molecule has 0 bridgehead atoms. The molecule has 0 heterocycles. The van der Waals surface area contributed by atoms with Gasteiger partial charge in [0.05, 0.1) is 10.9 Å². The Morgan fingerprint density at radius 3 is 2.92 bits per heavy atom. The Balaban J connectivity index is 2.42. The van der Waals surface area contributed by atoms with E-state index in [1.807, 2.05) is 6.07 Å². The second-order valence-electron chi connectivity index (χ2n) is 3.21. The Morgan fingerprint density at radius 1 is 1.33 bits per heavy atom. The van der Waals surface area contributed by atoms with E-state index in [0.29, 0.717) is 0 Å². The Bertz CT molecular complexity index is 285. The average Bonchev–Trinajstić information content (AvgIpc) is 2.12. The fourth-order valence-corrected chi connectivity index (χ4v) is 2.40. The molecule has 0 unspecified atom stereocenters. The first-order valence-electron chi connectivity index (χ1n) is 4.19. The lowest BCUT2D eigenvalue weighted by atomic mass is 9.90. The number of halogens is 1. The normalized spacial score (nSPS) is 28.2. The number of hydrogen-bond donors (Lipinski definition) is 1. The number of fused-ring (bicyclic) bond motifs is 1. The molecule has 1 nitrogen and oxygen atoms in total. The highest BCUT2D eigenvalue weighted by molar-refractivity contribution is 9.09. The third-order valence-electron chi connectivity index (χ3n) is 2.40. The summed E-state index contributed by atoms with van der Waals surface area (Å²) in [6, 6.07) is 8.29. The van der Waals surface area contributed by atoms with Crippen LogP contribution in [0.5, 0.6) is 0 Å². The van der Waals surface area contributed by atoms with E-state index in [0.717, 1.165) is 12.8 Å². The van der Waals surface area contributed by atoms with Crippen LogP contribution in [0.4, 0.5) is 0 Å². The van der Waals surface area contributed by atoms with Crippen LogP contribution in [-0.2, 0) is 6.42 Å². The van der Waals surface area contributed by atoms with Gasteiger partial charge in [0.2, 0.25) is 0 Å². The zero-order valence-corrected chi connectivity index (χ0v) is 8.29. The van der Waals surface area contributed by atoms with Crippen molar-refractivity contribution in [1.29, 1.82) is 0 Å². The summed E-state index contributed by atoms with van der Waals surface area (Å²) in [4.78, 5) is 0.127. The lowest BCUT2D eigenvalue weighted by molar-refractivity contribution is 0.157. The molecular formula is C10H11BrO. The zero-order chi connectivity index (χ0) is 8.55.